The number of methoxy groups -OCH3 is 1. The molecule has 3 nitrogen and oxygen atoms in total. The van der Waals surface area contributed by atoms with Gasteiger partial charge in [-0.15, -0.1) is 0 Å². The highest BCUT2D eigenvalue weighted by atomic mass is 35.5. The van der Waals surface area contributed by atoms with E-state index in [1.165, 1.54) is 7.11 Å². The number of hydrogen-bond acceptors (Lipinski definition) is 2. The summed E-state index contributed by atoms with van der Waals surface area (Å²) in [5.74, 6) is -0.350. The summed E-state index contributed by atoms with van der Waals surface area (Å²) in [6.07, 6.45) is 0.340. The van der Waals surface area contributed by atoms with Crippen LogP contribution in [0.15, 0.2) is 12.1 Å². The monoisotopic (exact) mass is 248 g/mol. The summed E-state index contributed by atoms with van der Waals surface area (Å²) in [5.41, 5.74) is 0.672. The molecule has 0 aliphatic heterocycles. The first-order valence-electron chi connectivity index (χ1n) is 4.28. The van der Waals surface area contributed by atoms with Crippen LogP contribution in [0.3, 0.4) is 0 Å². The number of rotatable bonds is 4. The molecule has 1 N–H and O–H groups in total. The van der Waals surface area contributed by atoms with Gasteiger partial charge >= 0.3 is 5.97 Å². The summed E-state index contributed by atoms with van der Waals surface area (Å²) in [4.78, 5) is 10.4. The molecule has 15 heavy (non-hydrogen) atoms. The van der Waals surface area contributed by atoms with E-state index in [-0.39, 0.29) is 6.42 Å². The van der Waals surface area contributed by atoms with E-state index < -0.39 is 5.97 Å². The highest BCUT2D eigenvalue weighted by molar-refractivity contribution is 6.35. The molecule has 0 aromatic heterocycles. The fourth-order valence-electron chi connectivity index (χ4n) is 1.24. The largest absolute Gasteiger partial charge is 0.496 e. The number of carboxylic acids is 1. The Labute approximate surface area is 97.6 Å². The zero-order valence-electron chi connectivity index (χ0n) is 8.09. The predicted octanol–water partition coefficient (Wildman–Crippen LogP) is 3.02. The van der Waals surface area contributed by atoms with Crippen molar-refractivity contribution in [3.05, 3.63) is 27.7 Å². The summed E-state index contributed by atoms with van der Waals surface area (Å²) in [7, 11) is 1.49. The third-order valence-corrected chi connectivity index (χ3v) is 2.48. The molecule has 0 amide bonds. The van der Waals surface area contributed by atoms with Crippen LogP contribution in [-0.4, -0.2) is 18.2 Å². The average molecular weight is 249 g/mol. The maximum Gasteiger partial charge on any atom is 0.303 e. The quantitative estimate of drug-likeness (QED) is 0.892. The van der Waals surface area contributed by atoms with Gasteiger partial charge in [0, 0.05) is 22.0 Å². The van der Waals surface area contributed by atoms with Gasteiger partial charge in [-0.2, -0.15) is 0 Å². The van der Waals surface area contributed by atoms with Crippen molar-refractivity contribution in [2.45, 2.75) is 12.8 Å². The van der Waals surface area contributed by atoms with Crippen molar-refractivity contribution in [3.8, 4) is 5.75 Å². The summed E-state index contributed by atoms with van der Waals surface area (Å²) >= 11 is 11.7. The summed E-state index contributed by atoms with van der Waals surface area (Å²) < 4.78 is 5.08. The van der Waals surface area contributed by atoms with Crippen molar-refractivity contribution < 1.29 is 14.6 Å². The van der Waals surface area contributed by atoms with E-state index in [1.54, 1.807) is 12.1 Å². The molecule has 0 bridgehead atoms. The van der Waals surface area contributed by atoms with Crippen LogP contribution in [0.5, 0.6) is 5.75 Å². The number of carboxylic acid groups (broad SMARTS) is 1. The Morgan fingerprint density at radius 2 is 2.13 bits per heavy atom. The standard InChI is InChI=1S/C10H10Cl2O3/c1-15-9-5-6(11)4-8(12)7(9)2-3-10(13)14/h4-5H,2-3H2,1H3,(H,13,14). The molecule has 0 aliphatic carbocycles. The van der Waals surface area contributed by atoms with Gasteiger partial charge in [0.1, 0.15) is 5.75 Å². The minimum Gasteiger partial charge on any atom is -0.496 e. The smallest absolute Gasteiger partial charge is 0.303 e. The Bertz CT molecular complexity index is 377. The summed E-state index contributed by atoms with van der Waals surface area (Å²) in [6, 6.07) is 3.19. The van der Waals surface area contributed by atoms with Crippen LogP contribution in [0, 0.1) is 0 Å². The third-order valence-electron chi connectivity index (χ3n) is 1.93. The summed E-state index contributed by atoms with van der Waals surface area (Å²) in [6.45, 7) is 0. The molecule has 0 atom stereocenters. The molecule has 82 valence electrons. The first-order chi connectivity index (χ1) is 7.04. The van der Waals surface area contributed by atoms with E-state index in [0.29, 0.717) is 27.8 Å². The Kier molecular flexibility index (Phi) is 4.24. The van der Waals surface area contributed by atoms with Gasteiger partial charge in [0.2, 0.25) is 0 Å². The lowest BCUT2D eigenvalue weighted by atomic mass is 10.1. The van der Waals surface area contributed by atoms with E-state index >= 15 is 0 Å². The zero-order valence-corrected chi connectivity index (χ0v) is 9.60. The minimum atomic E-state index is -0.872. The predicted molar refractivity (Wildman–Crippen MR) is 59.0 cm³/mol. The van der Waals surface area contributed by atoms with Gasteiger partial charge in [-0.05, 0) is 18.6 Å². The average Bonchev–Trinajstić information content (AvgIpc) is 2.14. The topological polar surface area (TPSA) is 46.5 Å². The van der Waals surface area contributed by atoms with E-state index in [2.05, 4.69) is 0 Å². The van der Waals surface area contributed by atoms with Crippen LogP contribution in [0.1, 0.15) is 12.0 Å². The number of aliphatic carboxylic acids is 1. The van der Waals surface area contributed by atoms with Crippen LogP contribution in [0.25, 0.3) is 0 Å². The Morgan fingerprint density at radius 3 is 2.67 bits per heavy atom. The molecular formula is C10H10Cl2O3. The van der Waals surface area contributed by atoms with Gasteiger partial charge in [0.25, 0.3) is 0 Å². The van der Waals surface area contributed by atoms with Crippen molar-refractivity contribution in [2.75, 3.05) is 7.11 Å². The summed E-state index contributed by atoms with van der Waals surface area (Å²) in [5, 5.41) is 9.47. The number of hydrogen-bond donors (Lipinski definition) is 1. The Balaban J connectivity index is 2.98. The van der Waals surface area contributed by atoms with Crippen molar-refractivity contribution in [3.63, 3.8) is 0 Å². The molecule has 5 heteroatoms. The molecule has 1 rings (SSSR count). The van der Waals surface area contributed by atoms with E-state index in [0.717, 1.165) is 0 Å². The molecule has 0 unspecified atom stereocenters. The van der Waals surface area contributed by atoms with Crippen LogP contribution in [0.2, 0.25) is 10.0 Å². The minimum absolute atomic E-state index is 0.0116. The molecule has 1 aromatic rings. The highest BCUT2D eigenvalue weighted by Gasteiger charge is 2.11. The molecule has 0 saturated carbocycles. The first-order valence-corrected chi connectivity index (χ1v) is 5.04. The third kappa shape index (κ3) is 3.29. The molecule has 0 fully saturated rings. The maximum atomic E-state index is 10.4. The van der Waals surface area contributed by atoms with Gasteiger partial charge in [0.05, 0.1) is 7.11 Å². The normalized spacial score (nSPS) is 10.1. The maximum absolute atomic E-state index is 10.4. The second-order valence-corrected chi connectivity index (χ2v) is 3.81. The molecule has 0 saturated heterocycles. The van der Waals surface area contributed by atoms with Gasteiger partial charge in [-0.3, -0.25) is 4.79 Å². The van der Waals surface area contributed by atoms with E-state index in [4.69, 9.17) is 33.0 Å². The van der Waals surface area contributed by atoms with Gasteiger partial charge in [0.15, 0.2) is 0 Å². The number of carbonyl (C=O) groups is 1. The molecule has 0 spiro atoms. The van der Waals surface area contributed by atoms with Gasteiger partial charge < -0.3 is 9.84 Å². The lowest BCUT2D eigenvalue weighted by Crippen LogP contribution is -2.00. The second kappa shape index (κ2) is 5.24. The molecule has 0 radical (unpaired) electrons. The molecular weight excluding hydrogens is 239 g/mol. The Morgan fingerprint density at radius 1 is 1.47 bits per heavy atom. The van der Waals surface area contributed by atoms with Crippen LogP contribution in [0.4, 0.5) is 0 Å². The van der Waals surface area contributed by atoms with Gasteiger partial charge in [-0.25, -0.2) is 0 Å². The fraction of sp³-hybridized carbons (Fsp3) is 0.300. The molecule has 0 heterocycles. The second-order valence-electron chi connectivity index (χ2n) is 2.96. The van der Waals surface area contributed by atoms with Crippen molar-refractivity contribution in [2.24, 2.45) is 0 Å². The van der Waals surface area contributed by atoms with Crippen molar-refractivity contribution in [1.82, 2.24) is 0 Å². The first kappa shape index (κ1) is 12.1. The van der Waals surface area contributed by atoms with Crippen molar-refractivity contribution >= 4 is 29.2 Å². The fourth-order valence-corrected chi connectivity index (χ4v) is 1.81. The van der Waals surface area contributed by atoms with Crippen molar-refractivity contribution in [1.29, 1.82) is 0 Å². The lowest BCUT2D eigenvalue weighted by molar-refractivity contribution is -0.136. The Hall–Kier alpha value is -0.930. The number of halogens is 2. The molecule has 1 aromatic carbocycles. The lowest BCUT2D eigenvalue weighted by Gasteiger charge is -2.09. The van der Waals surface area contributed by atoms with E-state index in [1.807, 2.05) is 0 Å². The van der Waals surface area contributed by atoms with E-state index in [9.17, 15) is 4.79 Å². The highest BCUT2D eigenvalue weighted by Crippen LogP contribution is 2.31. The van der Waals surface area contributed by atoms with Crippen LogP contribution >= 0.6 is 23.2 Å². The SMILES string of the molecule is COc1cc(Cl)cc(Cl)c1CCC(=O)O. The van der Waals surface area contributed by atoms with Crippen LogP contribution in [-0.2, 0) is 11.2 Å². The van der Waals surface area contributed by atoms with Gasteiger partial charge in [-0.1, -0.05) is 23.2 Å². The molecule has 0 aliphatic rings. The number of benzene rings is 1. The zero-order chi connectivity index (χ0) is 11.4. The van der Waals surface area contributed by atoms with Crippen LogP contribution < -0.4 is 4.74 Å². The number of ether oxygens (including phenoxy) is 1.